The van der Waals surface area contributed by atoms with E-state index in [1.54, 1.807) is 13.2 Å². The molecule has 1 fully saturated rings. The Labute approximate surface area is 111 Å². The van der Waals surface area contributed by atoms with Gasteiger partial charge in [-0.1, -0.05) is 18.5 Å². The van der Waals surface area contributed by atoms with Crippen LogP contribution in [-0.2, 0) is 6.42 Å². The lowest BCUT2D eigenvalue weighted by molar-refractivity contribution is 0.0459. The van der Waals surface area contributed by atoms with E-state index in [9.17, 15) is 5.11 Å². The SMILES string of the molecule is COc1ccc(Cl)cc1CC1(O)CCSC1C. The average Bonchev–Trinajstić information content (AvgIpc) is 2.59. The van der Waals surface area contributed by atoms with Gasteiger partial charge in [0.05, 0.1) is 12.7 Å². The lowest BCUT2D eigenvalue weighted by Gasteiger charge is -2.27. The van der Waals surface area contributed by atoms with E-state index < -0.39 is 5.60 Å². The number of benzene rings is 1. The molecule has 1 heterocycles. The van der Waals surface area contributed by atoms with Gasteiger partial charge in [0.1, 0.15) is 5.75 Å². The summed E-state index contributed by atoms with van der Waals surface area (Å²) >= 11 is 7.82. The first kappa shape index (κ1) is 13.1. The van der Waals surface area contributed by atoms with Crippen LogP contribution in [-0.4, -0.2) is 28.8 Å². The summed E-state index contributed by atoms with van der Waals surface area (Å²) in [6.07, 6.45) is 1.43. The lowest BCUT2D eigenvalue weighted by atomic mass is 9.89. The molecule has 1 aliphatic rings. The molecule has 1 aliphatic heterocycles. The van der Waals surface area contributed by atoms with Gasteiger partial charge < -0.3 is 9.84 Å². The molecule has 4 heteroatoms. The zero-order valence-electron chi connectivity index (χ0n) is 10.1. The number of hydrogen-bond acceptors (Lipinski definition) is 3. The van der Waals surface area contributed by atoms with E-state index in [1.165, 1.54) is 0 Å². The fourth-order valence-corrected chi connectivity index (χ4v) is 3.75. The zero-order chi connectivity index (χ0) is 12.5. The van der Waals surface area contributed by atoms with E-state index in [0.717, 1.165) is 23.5 Å². The molecule has 2 rings (SSSR count). The number of hydrogen-bond donors (Lipinski definition) is 1. The van der Waals surface area contributed by atoms with Gasteiger partial charge in [-0.3, -0.25) is 0 Å². The molecule has 0 aromatic heterocycles. The van der Waals surface area contributed by atoms with Crippen LogP contribution in [0.15, 0.2) is 18.2 Å². The molecule has 1 aromatic rings. The van der Waals surface area contributed by atoms with Gasteiger partial charge in [0.2, 0.25) is 0 Å². The Morgan fingerprint density at radius 3 is 2.94 bits per heavy atom. The molecular weight excluding hydrogens is 256 g/mol. The van der Waals surface area contributed by atoms with Crippen molar-refractivity contribution in [2.24, 2.45) is 0 Å². The predicted molar refractivity (Wildman–Crippen MR) is 73.2 cm³/mol. The first-order valence-corrected chi connectivity index (χ1v) is 7.14. The van der Waals surface area contributed by atoms with Crippen molar-refractivity contribution >= 4 is 23.4 Å². The summed E-state index contributed by atoms with van der Waals surface area (Å²) in [5, 5.41) is 11.5. The molecule has 0 spiro atoms. The fourth-order valence-electron chi connectivity index (χ4n) is 2.22. The largest absolute Gasteiger partial charge is 0.496 e. The smallest absolute Gasteiger partial charge is 0.122 e. The third kappa shape index (κ3) is 2.72. The zero-order valence-corrected chi connectivity index (χ0v) is 11.6. The van der Waals surface area contributed by atoms with E-state index in [0.29, 0.717) is 11.4 Å². The first-order valence-electron chi connectivity index (χ1n) is 5.71. The van der Waals surface area contributed by atoms with Crippen molar-refractivity contribution in [2.45, 2.75) is 30.6 Å². The Morgan fingerprint density at radius 1 is 1.59 bits per heavy atom. The molecule has 0 bridgehead atoms. The van der Waals surface area contributed by atoms with Gasteiger partial charge in [0, 0.05) is 16.7 Å². The van der Waals surface area contributed by atoms with Crippen molar-refractivity contribution in [3.05, 3.63) is 28.8 Å². The first-order chi connectivity index (χ1) is 8.05. The summed E-state index contributed by atoms with van der Waals surface area (Å²) < 4.78 is 5.31. The van der Waals surface area contributed by atoms with E-state index >= 15 is 0 Å². The molecule has 2 unspecified atom stereocenters. The van der Waals surface area contributed by atoms with Gasteiger partial charge in [-0.2, -0.15) is 11.8 Å². The van der Waals surface area contributed by atoms with E-state index in [2.05, 4.69) is 6.92 Å². The minimum Gasteiger partial charge on any atom is -0.496 e. The van der Waals surface area contributed by atoms with Gasteiger partial charge in [0.25, 0.3) is 0 Å². The molecule has 0 radical (unpaired) electrons. The standard InChI is InChI=1S/C13H17ClO2S/c1-9-13(15,5-6-17-9)8-10-7-11(14)3-4-12(10)16-2/h3-4,7,9,15H,5-6,8H2,1-2H3. The molecule has 1 aromatic carbocycles. The van der Waals surface area contributed by atoms with Gasteiger partial charge in [0.15, 0.2) is 0 Å². The predicted octanol–water partition coefficient (Wildman–Crippen LogP) is 3.15. The number of aliphatic hydroxyl groups is 1. The number of methoxy groups -OCH3 is 1. The van der Waals surface area contributed by atoms with Crippen LogP contribution in [0, 0.1) is 0 Å². The van der Waals surface area contributed by atoms with Gasteiger partial charge >= 0.3 is 0 Å². The Bertz CT molecular complexity index is 410. The Morgan fingerprint density at radius 2 is 2.35 bits per heavy atom. The monoisotopic (exact) mass is 272 g/mol. The number of rotatable bonds is 3. The fraction of sp³-hybridized carbons (Fsp3) is 0.538. The molecule has 0 amide bonds. The average molecular weight is 273 g/mol. The normalized spacial score (nSPS) is 28.4. The summed E-state index contributed by atoms with van der Waals surface area (Å²) in [4.78, 5) is 0. The summed E-state index contributed by atoms with van der Waals surface area (Å²) in [7, 11) is 1.64. The highest BCUT2D eigenvalue weighted by Crippen LogP contribution is 2.39. The lowest BCUT2D eigenvalue weighted by Crippen LogP contribution is -2.37. The Balaban J connectivity index is 2.25. The summed E-state index contributed by atoms with van der Waals surface area (Å²) in [6, 6.07) is 5.54. The summed E-state index contributed by atoms with van der Waals surface area (Å²) in [5.74, 6) is 1.81. The van der Waals surface area contributed by atoms with E-state index in [1.807, 2.05) is 23.9 Å². The van der Waals surface area contributed by atoms with Gasteiger partial charge in [-0.25, -0.2) is 0 Å². The third-order valence-electron chi connectivity index (χ3n) is 3.40. The number of halogens is 1. The van der Waals surface area contributed by atoms with Crippen molar-refractivity contribution in [1.29, 1.82) is 0 Å². The van der Waals surface area contributed by atoms with Gasteiger partial charge in [-0.15, -0.1) is 0 Å². The topological polar surface area (TPSA) is 29.5 Å². The number of thioether (sulfide) groups is 1. The minimum atomic E-state index is -0.636. The molecule has 94 valence electrons. The van der Waals surface area contributed by atoms with Crippen molar-refractivity contribution in [3.63, 3.8) is 0 Å². The molecular formula is C13H17ClO2S. The highest BCUT2D eigenvalue weighted by atomic mass is 35.5. The molecule has 1 N–H and O–H groups in total. The van der Waals surface area contributed by atoms with Crippen molar-refractivity contribution < 1.29 is 9.84 Å². The van der Waals surface area contributed by atoms with Crippen LogP contribution in [0.2, 0.25) is 5.02 Å². The maximum absolute atomic E-state index is 10.6. The van der Waals surface area contributed by atoms with Crippen molar-refractivity contribution in [3.8, 4) is 5.75 Å². The highest BCUT2D eigenvalue weighted by molar-refractivity contribution is 8.00. The molecule has 17 heavy (non-hydrogen) atoms. The van der Waals surface area contributed by atoms with Crippen LogP contribution in [0.5, 0.6) is 5.75 Å². The quantitative estimate of drug-likeness (QED) is 0.917. The molecule has 2 nitrogen and oxygen atoms in total. The second-order valence-electron chi connectivity index (χ2n) is 4.50. The molecule has 1 saturated heterocycles. The summed E-state index contributed by atoms with van der Waals surface area (Å²) in [5.41, 5.74) is 0.347. The second kappa shape index (κ2) is 5.09. The van der Waals surface area contributed by atoms with Crippen LogP contribution in [0.4, 0.5) is 0 Å². The maximum atomic E-state index is 10.6. The van der Waals surface area contributed by atoms with Crippen LogP contribution >= 0.6 is 23.4 Å². The molecule has 2 atom stereocenters. The summed E-state index contributed by atoms with van der Waals surface area (Å²) in [6.45, 7) is 2.08. The van der Waals surface area contributed by atoms with Crippen LogP contribution in [0.3, 0.4) is 0 Å². The van der Waals surface area contributed by atoms with Crippen LogP contribution in [0.25, 0.3) is 0 Å². The number of ether oxygens (including phenoxy) is 1. The Kier molecular flexibility index (Phi) is 3.91. The second-order valence-corrected chi connectivity index (χ2v) is 6.38. The van der Waals surface area contributed by atoms with E-state index in [-0.39, 0.29) is 5.25 Å². The van der Waals surface area contributed by atoms with Crippen molar-refractivity contribution in [2.75, 3.05) is 12.9 Å². The highest BCUT2D eigenvalue weighted by Gasteiger charge is 2.39. The van der Waals surface area contributed by atoms with Crippen LogP contribution in [0.1, 0.15) is 18.9 Å². The third-order valence-corrected chi connectivity index (χ3v) is 5.01. The molecule has 0 aliphatic carbocycles. The van der Waals surface area contributed by atoms with Crippen LogP contribution < -0.4 is 4.74 Å². The Hall–Kier alpha value is -0.380. The van der Waals surface area contributed by atoms with Crippen molar-refractivity contribution in [1.82, 2.24) is 0 Å². The van der Waals surface area contributed by atoms with E-state index in [4.69, 9.17) is 16.3 Å². The molecule has 0 saturated carbocycles. The van der Waals surface area contributed by atoms with Gasteiger partial charge in [-0.05, 0) is 35.9 Å². The minimum absolute atomic E-state index is 0.256. The maximum Gasteiger partial charge on any atom is 0.122 e.